The highest BCUT2D eigenvalue weighted by atomic mass is 15.1. The minimum Gasteiger partial charge on any atom is -0.371 e. The van der Waals surface area contributed by atoms with E-state index in [1.54, 1.807) is 0 Å². The van der Waals surface area contributed by atoms with Crippen LogP contribution < -0.4 is 4.90 Å². The average Bonchev–Trinajstić information content (AvgIpc) is 2.98. The molecule has 0 radical (unpaired) electrons. The summed E-state index contributed by atoms with van der Waals surface area (Å²) in [5.74, 6) is 0.687. The summed E-state index contributed by atoms with van der Waals surface area (Å²) in [5.41, 5.74) is 4.27. The van der Waals surface area contributed by atoms with Gasteiger partial charge in [-0.2, -0.15) is 0 Å². The van der Waals surface area contributed by atoms with Crippen LogP contribution in [0.4, 0.5) is 5.69 Å². The molecule has 1 saturated heterocycles. The van der Waals surface area contributed by atoms with Crippen molar-refractivity contribution in [2.75, 3.05) is 18.0 Å². The SMILES string of the molecule is CCc1ccc(N2CCC(c3ccccc3)C2)cc1. The van der Waals surface area contributed by atoms with Crippen molar-refractivity contribution in [3.63, 3.8) is 0 Å². The predicted molar refractivity (Wildman–Crippen MR) is 81.8 cm³/mol. The summed E-state index contributed by atoms with van der Waals surface area (Å²) < 4.78 is 0. The molecule has 2 aromatic rings. The number of rotatable bonds is 3. The van der Waals surface area contributed by atoms with Crippen LogP contribution in [0.5, 0.6) is 0 Å². The molecule has 0 spiro atoms. The standard InChI is InChI=1S/C18H21N/c1-2-15-8-10-18(11-9-15)19-13-12-17(14-19)16-6-4-3-5-7-16/h3-11,17H,2,12-14H2,1H3. The number of hydrogen-bond acceptors (Lipinski definition) is 1. The van der Waals surface area contributed by atoms with Crippen LogP contribution in [-0.2, 0) is 6.42 Å². The van der Waals surface area contributed by atoms with Crippen molar-refractivity contribution < 1.29 is 0 Å². The van der Waals surface area contributed by atoms with Gasteiger partial charge in [0, 0.05) is 24.7 Å². The first kappa shape index (κ1) is 12.3. The Morgan fingerprint density at radius 2 is 1.74 bits per heavy atom. The van der Waals surface area contributed by atoms with E-state index in [2.05, 4.69) is 66.4 Å². The van der Waals surface area contributed by atoms with Gasteiger partial charge in [-0.1, -0.05) is 49.4 Å². The second-order valence-corrected chi connectivity index (χ2v) is 5.36. The van der Waals surface area contributed by atoms with Crippen LogP contribution in [0, 0.1) is 0 Å². The Balaban J connectivity index is 1.71. The highest BCUT2D eigenvalue weighted by molar-refractivity contribution is 5.49. The molecule has 1 heterocycles. The molecular formula is C18H21N. The van der Waals surface area contributed by atoms with Gasteiger partial charge in [-0.15, -0.1) is 0 Å². The van der Waals surface area contributed by atoms with Crippen LogP contribution in [0.15, 0.2) is 54.6 Å². The molecule has 98 valence electrons. The van der Waals surface area contributed by atoms with Gasteiger partial charge in [-0.3, -0.25) is 0 Å². The van der Waals surface area contributed by atoms with Gasteiger partial charge in [0.2, 0.25) is 0 Å². The summed E-state index contributed by atoms with van der Waals surface area (Å²) in [6, 6.07) is 20.0. The van der Waals surface area contributed by atoms with Crippen LogP contribution in [0.1, 0.15) is 30.4 Å². The van der Waals surface area contributed by atoms with Crippen molar-refractivity contribution in [1.82, 2.24) is 0 Å². The number of benzene rings is 2. The lowest BCUT2D eigenvalue weighted by Crippen LogP contribution is -2.19. The fourth-order valence-corrected chi connectivity index (χ4v) is 2.93. The first-order valence-corrected chi connectivity index (χ1v) is 7.25. The lowest BCUT2D eigenvalue weighted by molar-refractivity contribution is 0.775. The maximum absolute atomic E-state index is 2.51. The molecule has 2 aromatic carbocycles. The molecule has 0 aliphatic carbocycles. The minimum atomic E-state index is 0.687. The second-order valence-electron chi connectivity index (χ2n) is 5.36. The third-order valence-corrected chi connectivity index (χ3v) is 4.17. The maximum atomic E-state index is 2.51. The van der Waals surface area contributed by atoms with Crippen molar-refractivity contribution in [3.05, 3.63) is 65.7 Å². The van der Waals surface area contributed by atoms with Crippen molar-refractivity contribution >= 4 is 5.69 Å². The third kappa shape index (κ3) is 2.65. The van der Waals surface area contributed by atoms with Gasteiger partial charge < -0.3 is 4.90 Å². The number of aryl methyl sites for hydroxylation is 1. The molecule has 1 heteroatoms. The van der Waals surface area contributed by atoms with E-state index in [1.807, 2.05) is 0 Å². The van der Waals surface area contributed by atoms with E-state index in [4.69, 9.17) is 0 Å². The molecule has 3 rings (SSSR count). The average molecular weight is 251 g/mol. The highest BCUT2D eigenvalue weighted by Crippen LogP contribution is 2.30. The number of hydrogen-bond donors (Lipinski definition) is 0. The Labute approximate surface area is 115 Å². The van der Waals surface area contributed by atoms with E-state index in [1.165, 1.54) is 29.8 Å². The van der Waals surface area contributed by atoms with Crippen molar-refractivity contribution in [2.24, 2.45) is 0 Å². The molecule has 0 bridgehead atoms. The smallest absolute Gasteiger partial charge is 0.0366 e. The van der Waals surface area contributed by atoms with Crippen LogP contribution in [-0.4, -0.2) is 13.1 Å². The molecule has 1 aliphatic rings. The number of anilines is 1. The van der Waals surface area contributed by atoms with Gasteiger partial charge in [-0.05, 0) is 36.1 Å². The number of nitrogens with zero attached hydrogens (tertiary/aromatic N) is 1. The van der Waals surface area contributed by atoms with Gasteiger partial charge in [-0.25, -0.2) is 0 Å². The van der Waals surface area contributed by atoms with Gasteiger partial charge >= 0.3 is 0 Å². The summed E-state index contributed by atoms with van der Waals surface area (Å²) in [4.78, 5) is 2.51. The van der Waals surface area contributed by atoms with Gasteiger partial charge in [0.05, 0.1) is 0 Å². The first-order chi connectivity index (χ1) is 9.36. The summed E-state index contributed by atoms with van der Waals surface area (Å²) in [7, 11) is 0. The van der Waals surface area contributed by atoms with Crippen molar-refractivity contribution in [2.45, 2.75) is 25.7 Å². The fourth-order valence-electron chi connectivity index (χ4n) is 2.93. The molecule has 1 atom stereocenters. The Bertz CT molecular complexity index is 515. The minimum absolute atomic E-state index is 0.687. The molecule has 1 aliphatic heterocycles. The summed E-state index contributed by atoms with van der Waals surface area (Å²) in [6.45, 7) is 4.52. The largest absolute Gasteiger partial charge is 0.371 e. The van der Waals surface area contributed by atoms with Gasteiger partial charge in [0.25, 0.3) is 0 Å². The lowest BCUT2D eigenvalue weighted by atomic mass is 9.99. The Morgan fingerprint density at radius 3 is 2.42 bits per heavy atom. The zero-order valence-corrected chi connectivity index (χ0v) is 11.5. The third-order valence-electron chi connectivity index (χ3n) is 4.17. The lowest BCUT2D eigenvalue weighted by Gasteiger charge is -2.19. The van der Waals surface area contributed by atoms with E-state index in [0.29, 0.717) is 5.92 Å². The molecule has 0 N–H and O–H groups in total. The molecule has 19 heavy (non-hydrogen) atoms. The highest BCUT2D eigenvalue weighted by Gasteiger charge is 2.23. The Kier molecular flexibility index (Phi) is 3.54. The Morgan fingerprint density at radius 1 is 1.00 bits per heavy atom. The quantitative estimate of drug-likeness (QED) is 0.788. The topological polar surface area (TPSA) is 3.24 Å². The first-order valence-electron chi connectivity index (χ1n) is 7.25. The van der Waals surface area contributed by atoms with E-state index in [9.17, 15) is 0 Å². The molecule has 1 fully saturated rings. The van der Waals surface area contributed by atoms with Crippen LogP contribution in [0.2, 0.25) is 0 Å². The summed E-state index contributed by atoms with van der Waals surface area (Å²) >= 11 is 0. The van der Waals surface area contributed by atoms with Gasteiger partial charge in [0.15, 0.2) is 0 Å². The summed E-state index contributed by atoms with van der Waals surface area (Å²) in [5, 5.41) is 0. The monoisotopic (exact) mass is 251 g/mol. The van der Waals surface area contributed by atoms with Crippen molar-refractivity contribution in [3.8, 4) is 0 Å². The molecule has 1 nitrogen and oxygen atoms in total. The van der Waals surface area contributed by atoms with Crippen LogP contribution in [0.25, 0.3) is 0 Å². The Hall–Kier alpha value is -1.76. The maximum Gasteiger partial charge on any atom is 0.0366 e. The van der Waals surface area contributed by atoms with E-state index in [-0.39, 0.29) is 0 Å². The fraction of sp³-hybridized carbons (Fsp3) is 0.333. The van der Waals surface area contributed by atoms with E-state index < -0.39 is 0 Å². The van der Waals surface area contributed by atoms with Crippen LogP contribution in [0.3, 0.4) is 0 Å². The molecule has 0 aromatic heterocycles. The van der Waals surface area contributed by atoms with E-state index in [0.717, 1.165) is 13.0 Å². The normalized spacial score (nSPS) is 18.8. The van der Waals surface area contributed by atoms with Crippen LogP contribution >= 0.6 is 0 Å². The zero-order chi connectivity index (χ0) is 13.1. The molecule has 0 amide bonds. The van der Waals surface area contributed by atoms with Gasteiger partial charge in [0.1, 0.15) is 0 Å². The molecule has 1 unspecified atom stereocenters. The van der Waals surface area contributed by atoms with Crippen molar-refractivity contribution in [1.29, 1.82) is 0 Å². The second kappa shape index (κ2) is 5.48. The zero-order valence-electron chi connectivity index (χ0n) is 11.5. The predicted octanol–water partition coefficient (Wildman–Crippen LogP) is 4.24. The molecule has 0 saturated carbocycles. The molecular weight excluding hydrogens is 230 g/mol. The summed E-state index contributed by atoms with van der Waals surface area (Å²) in [6.07, 6.45) is 2.38. The van der Waals surface area contributed by atoms with E-state index >= 15 is 0 Å².